The first kappa shape index (κ1) is 15.9. The molecule has 0 heterocycles. The second kappa shape index (κ2) is 9.00. The Morgan fingerprint density at radius 2 is 1.56 bits per heavy atom. The molecule has 0 aromatic rings. The molecule has 0 aliphatic heterocycles. The van der Waals surface area contributed by atoms with Gasteiger partial charge >= 0.3 is 0 Å². The highest BCUT2D eigenvalue weighted by Crippen LogP contribution is 2.23. The van der Waals surface area contributed by atoms with Gasteiger partial charge in [-0.3, -0.25) is 4.90 Å². The standard InChI is InChI=1S/C14H32N2/c1-5-9-10-11-12-16(8-4)14(6-2,7-3)13-15/h5-13,15H2,1-4H3. The van der Waals surface area contributed by atoms with Crippen LogP contribution < -0.4 is 5.73 Å². The number of hydrogen-bond donors (Lipinski definition) is 1. The van der Waals surface area contributed by atoms with Gasteiger partial charge in [0.05, 0.1) is 0 Å². The summed E-state index contributed by atoms with van der Waals surface area (Å²) in [6, 6.07) is 0. The van der Waals surface area contributed by atoms with E-state index in [-0.39, 0.29) is 5.54 Å². The minimum Gasteiger partial charge on any atom is -0.329 e. The highest BCUT2D eigenvalue weighted by atomic mass is 15.2. The van der Waals surface area contributed by atoms with Gasteiger partial charge in [-0.2, -0.15) is 0 Å². The van der Waals surface area contributed by atoms with Gasteiger partial charge in [-0.25, -0.2) is 0 Å². The van der Waals surface area contributed by atoms with Crippen molar-refractivity contribution in [2.45, 2.75) is 71.8 Å². The van der Waals surface area contributed by atoms with E-state index in [1.54, 1.807) is 0 Å². The summed E-state index contributed by atoms with van der Waals surface area (Å²) in [7, 11) is 0. The maximum Gasteiger partial charge on any atom is 0.0326 e. The van der Waals surface area contributed by atoms with Crippen LogP contribution in [0.25, 0.3) is 0 Å². The summed E-state index contributed by atoms with van der Waals surface area (Å²) in [6.07, 6.45) is 7.70. The molecule has 0 unspecified atom stereocenters. The molecule has 0 aliphatic carbocycles. The molecule has 2 nitrogen and oxygen atoms in total. The minimum absolute atomic E-state index is 0.251. The third kappa shape index (κ3) is 4.42. The molecular weight excluding hydrogens is 196 g/mol. The van der Waals surface area contributed by atoms with Crippen LogP contribution in [0, 0.1) is 0 Å². The fourth-order valence-electron chi connectivity index (χ4n) is 2.58. The van der Waals surface area contributed by atoms with Gasteiger partial charge in [0.1, 0.15) is 0 Å². The molecule has 0 bridgehead atoms. The van der Waals surface area contributed by atoms with Gasteiger partial charge in [0.2, 0.25) is 0 Å². The Kier molecular flexibility index (Phi) is 8.96. The van der Waals surface area contributed by atoms with Gasteiger partial charge in [-0.05, 0) is 32.4 Å². The van der Waals surface area contributed by atoms with Crippen molar-refractivity contribution < 1.29 is 0 Å². The Morgan fingerprint density at radius 1 is 0.938 bits per heavy atom. The van der Waals surface area contributed by atoms with Crippen molar-refractivity contribution in [2.75, 3.05) is 19.6 Å². The van der Waals surface area contributed by atoms with E-state index in [9.17, 15) is 0 Å². The maximum atomic E-state index is 5.99. The molecular formula is C14H32N2. The van der Waals surface area contributed by atoms with E-state index >= 15 is 0 Å². The van der Waals surface area contributed by atoms with Crippen LogP contribution in [0.4, 0.5) is 0 Å². The van der Waals surface area contributed by atoms with Crippen molar-refractivity contribution in [1.29, 1.82) is 0 Å². The van der Waals surface area contributed by atoms with E-state index in [1.807, 2.05) is 0 Å². The molecule has 0 amide bonds. The van der Waals surface area contributed by atoms with Crippen LogP contribution in [0.5, 0.6) is 0 Å². The van der Waals surface area contributed by atoms with E-state index < -0.39 is 0 Å². The predicted molar refractivity (Wildman–Crippen MR) is 73.8 cm³/mol. The van der Waals surface area contributed by atoms with Crippen molar-refractivity contribution in [1.82, 2.24) is 4.90 Å². The fraction of sp³-hybridized carbons (Fsp3) is 1.00. The van der Waals surface area contributed by atoms with E-state index in [0.29, 0.717) is 0 Å². The van der Waals surface area contributed by atoms with E-state index in [0.717, 1.165) is 13.1 Å². The van der Waals surface area contributed by atoms with Gasteiger partial charge < -0.3 is 5.73 Å². The smallest absolute Gasteiger partial charge is 0.0326 e. The summed E-state index contributed by atoms with van der Waals surface area (Å²) in [5.41, 5.74) is 6.24. The van der Waals surface area contributed by atoms with Gasteiger partial charge in [-0.15, -0.1) is 0 Å². The van der Waals surface area contributed by atoms with Crippen LogP contribution in [0.2, 0.25) is 0 Å². The molecule has 0 aromatic carbocycles. The molecule has 0 aliphatic rings. The zero-order valence-corrected chi connectivity index (χ0v) is 11.9. The molecule has 0 saturated heterocycles. The molecule has 0 radical (unpaired) electrons. The first-order valence-electron chi connectivity index (χ1n) is 7.15. The number of likely N-dealkylation sites (N-methyl/N-ethyl adjacent to an activating group) is 1. The van der Waals surface area contributed by atoms with E-state index in [4.69, 9.17) is 5.73 Å². The van der Waals surface area contributed by atoms with Crippen LogP contribution in [-0.2, 0) is 0 Å². The molecule has 0 rings (SSSR count). The van der Waals surface area contributed by atoms with Gasteiger partial charge in [0.15, 0.2) is 0 Å². The lowest BCUT2D eigenvalue weighted by Gasteiger charge is -2.42. The summed E-state index contributed by atoms with van der Waals surface area (Å²) in [4.78, 5) is 2.60. The van der Waals surface area contributed by atoms with Crippen molar-refractivity contribution in [3.05, 3.63) is 0 Å². The van der Waals surface area contributed by atoms with Crippen molar-refractivity contribution in [3.63, 3.8) is 0 Å². The maximum absolute atomic E-state index is 5.99. The Labute approximate surface area is 103 Å². The minimum atomic E-state index is 0.251. The molecule has 2 N–H and O–H groups in total. The molecule has 2 heteroatoms. The second-order valence-corrected chi connectivity index (χ2v) is 4.78. The first-order valence-corrected chi connectivity index (χ1v) is 7.15. The lowest BCUT2D eigenvalue weighted by atomic mass is 9.90. The SMILES string of the molecule is CCCCCCN(CC)C(CC)(CC)CN. The number of hydrogen-bond acceptors (Lipinski definition) is 2. The first-order chi connectivity index (χ1) is 7.70. The van der Waals surface area contributed by atoms with Crippen LogP contribution in [0.3, 0.4) is 0 Å². The zero-order valence-electron chi connectivity index (χ0n) is 11.9. The molecule has 16 heavy (non-hydrogen) atoms. The Bertz CT molecular complexity index is 145. The van der Waals surface area contributed by atoms with Crippen LogP contribution in [0.1, 0.15) is 66.2 Å². The monoisotopic (exact) mass is 228 g/mol. The van der Waals surface area contributed by atoms with Crippen LogP contribution in [0.15, 0.2) is 0 Å². The lowest BCUT2D eigenvalue weighted by molar-refractivity contribution is 0.0886. The summed E-state index contributed by atoms with van der Waals surface area (Å²) >= 11 is 0. The Hall–Kier alpha value is -0.0800. The van der Waals surface area contributed by atoms with Gasteiger partial charge in [0.25, 0.3) is 0 Å². The summed E-state index contributed by atoms with van der Waals surface area (Å²) in [5.74, 6) is 0. The van der Waals surface area contributed by atoms with Crippen LogP contribution >= 0.6 is 0 Å². The fourth-order valence-corrected chi connectivity index (χ4v) is 2.58. The molecule has 0 aromatic heterocycles. The molecule has 98 valence electrons. The molecule has 0 atom stereocenters. The number of nitrogens with two attached hydrogens (primary N) is 1. The topological polar surface area (TPSA) is 29.3 Å². The predicted octanol–water partition coefficient (Wildman–Crippen LogP) is 3.41. The normalized spacial score (nSPS) is 12.4. The Morgan fingerprint density at radius 3 is 1.94 bits per heavy atom. The molecule has 0 saturated carbocycles. The average Bonchev–Trinajstić information content (AvgIpc) is 2.34. The van der Waals surface area contributed by atoms with Crippen molar-refractivity contribution in [3.8, 4) is 0 Å². The van der Waals surface area contributed by atoms with Crippen LogP contribution in [-0.4, -0.2) is 30.1 Å². The summed E-state index contributed by atoms with van der Waals surface area (Å²) < 4.78 is 0. The highest BCUT2D eigenvalue weighted by molar-refractivity contribution is 4.88. The lowest BCUT2D eigenvalue weighted by Crippen LogP contribution is -2.53. The average molecular weight is 228 g/mol. The van der Waals surface area contributed by atoms with Gasteiger partial charge in [-0.1, -0.05) is 47.0 Å². The zero-order chi connectivity index (χ0) is 12.4. The molecule has 0 spiro atoms. The summed E-state index contributed by atoms with van der Waals surface area (Å²) in [6.45, 7) is 12.2. The third-order valence-electron chi connectivity index (χ3n) is 4.03. The number of unbranched alkanes of at least 4 members (excludes halogenated alkanes) is 3. The number of nitrogens with zero attached hydrogens (tertiary/aromatic N) is 1. The Balaban J connectivity index is 4.21. The van der Waals surface area contributed by atoms with Crippen molar-refractivity contribution in [2.24, 2.45) is 5.73 Å². The largest absolute Gasteiger partial charge is 0.329 e. The third-order valence-corrected chi connectivity index (χ3v) is 4.03. The molecule has 0 fully saturated rings. The van der Waals surface area contributed by atoms with E-state index in [2.05, 4.69) is 32.6 Å². The van der Waals surface area contributed by atoms with Gasteiger partial charge in [0, 0.05) is 12.1 Å². The van der Waals surface area contributed by atoms with Crippen molar-refractivity contribution >= 4 is 0 Å². The number of rotatable bonds is 10. The summed E-state index contributed by atoms with van der Waals surface area (Å²) in [5, 5.41) is 0. The second-order valence-electron chi connectivity index (χ2n) is 4.78. The van der Waals surface area contributed by atoms with E-state index in [1.165, 1.54) is 45.1 Å². The quantitative estimate of drug-likeness (QED) is 0.581. The highest BCUT2D eigenvalue weighted by Gasteiger charge is 2.30.